The first-order chi connectivity index (χ1) is 9.83. The van der Waals surface area contributed by atoms with Crippen LogP contribution < -0.4 is 0 Å². The summed E-state index contributed by atoms with van der Waals surface area (Å²) in [5, 5.41) is 11.0. The number of aryl methyl sites for hydroxylation is 1. The number of ether oxygens (including phenoxy) is 1. The lowest BCUT2D eigenvalue weighted by molar-refractivity contribution is 0.0374. The largest absolute Gasteiger partial charge is 0.381 e. The Hall–Kier alpha value is -0.0700. The summed E-state index contributed by atoms with van der Waals surface area (Å²) in [7, 11) is 0. The second kappa shape index (κ2) is 6.79. The molecular formula is C14H22BrN3OS. The molecule has 0 atom stereocenters. The highest BCUT2D eigenvalue weighted by atomic mass is 79.9. The fraction of sp³-hybridized carbons (Fsp3) is 0.857. The SMILES string of the molecule is BrCC1(CSc2nnc3n2CCCCC3)CCOCC1. The van der Waals surface area contributed by atoms with E-state index in [1.807, 2.05) is 11.8 Å². The highest BCUT2D eigenvalue weighted by molar-refractivity contribution is 9.09. The zero-order chi connectivity index (χ0) is 13.8. The molecule has 0 aromatic carbocycles. The van der Waals surface area contributed by atoms with Crippen molar-refractivity contribution in [3.05, 3.63) is 5.82 Å². The number of thioether (sulfide) groups is 1. The van der Waals surface area contributed by atoms with E-state index in [0.717, 1.165) is 55.3 Å². The Balaban J connectivity index is 1.67. The van der Waals surface area contributed by atoms with Crippen LogP contribution in [0.2, 0.25) is 0 Å². The van der Waals surface area contributed by atoms with Crippen LogP contribution in [-0.4, -0.2) is 39.1 Å². The molecule has 0 bridgehead atoms. The van der Waals surface area contributed by atoms with Gasteiger partial charge in [0, 0.05) is 37.3 Å². The lowest BCUT2D eigenvalue weighted by atomic mass is 9.85. The van der Waals surface area contributed by atoms with Crippen molar-refractivity contribution in [3.8, 4) is 0 Å². The van der Waals surface area contributed by atoms with E-state index in [4.69, 9.17) is 4.74 Å². The summed E-state index contributed by atoms with van der Waals surface area (Å²) >= 11 is 5.59. The average Bonchev–Trinajstić information content (AvgIpc) is 2.73. The van der Waals surface area contributed by atoms with Crippen LogP contribution in [0, 0.1) is 5.41 Å². The van der Waals surface area contributed by atoms with Gasteiger partial charge in [-0.25, -0.2) is 0 Å². The Labute approximate surface area is 133 Å². The third kappa shape index (κ3) is 3.22. The Morgan fingerprint density at radius 1 is 1.20 bits per heavy atom. The van der Waals surface area contributed by atoms with E-state index >= 15 is 0 Å². The van der Waals surface area contributed by atoms with Crippen molar-refractivity contribution in [3.63, 3.8) is 0 Å². The first-order valence-electron chi connectivity index (χ1n) is 7.52. The van der Waals surface area contributed by atoms with Gasteiger partial charge in [-0.2, -0.15) is 0 Å². The maximum Gasteiger partial charge on any atom is 0.191 e. The van der Waals surface area contributed by atoms with Crippen molar-refractivity contribution in [1.29, 1.82) is 0 Å². The van der Waals surface area contributed by atoms with Crippen molar-refractivity contribution in [2.45, 2.75) is 50.2 Å². The molecule has 2 aliphatic heterocycles. The third-order valence-electron chi connectivity index (χ3n) is 4.42. The fourth-order valence-corrected chi connectivity index (χ4v) is 5.20. The van der Waals surface area contributed by atoms with Crippen LogP contribution in [0.1, 0.15) is 37.9 Å². The summed E-state index contributed by atoms with van der Waals surface area (Å²) in [6.45, 7) is 2.88. The Bertz CT molecular complexity index is 446. The first kappa shape index (κ1) is 14.9. The van der Waals surface area contributed by atoms with Gasteiger partial charge in [0.25, 0.3) is 0 Å². The van der Waals surface area contributed by atoms with E-state index in [-0.39, 0.29) is 0 Å². The van der Waals surface area contributed by atoms with Crippen LogP contribution in [0.5, 0.6) is 0 Å². The molecule has 3 heterocycles. The minimum atomic E-state index is 0.361. The van der Waals surface area contributed by atoms with Gasteiger partial charge in [0.05, 0.1) is 0 Å². The summed E-state index contributed by atoms with van der Waals surface area (Å²) in [5.74, 6) is 2.30. The maximum absolute atomic E-state index is 5.51. The minimum absolute atomic E-state index is 0.361. The highest BCUT2D eigenvalue weighted by Gasteiger charge is 2.32. The van der Waals surface area contributed by atoms with Gasteiger partial charge in [-0.05, 0) is 31.1 Å². The maximum atomic E-state index is 5.51. The van der Waals surface area contributed by atoms with Crippen molar-refractivity contribution in [2.24, 2.45) is 5.41 Å². The summed E-state index contributed by atoms with van der Waals surface area (Å²) in [5.41, 5.74) is 0.361. The van der Waals surface area contributed by atoms with Gasteiger partial charge in [-0.3, -0.25) is 0 Å². The van der Waals surface area contributed by atoms with E-state index < -0.39 is 0 Å². The van der Waals surface area contributed by atoms with Gasteiger partial charge in [-0.15, -0.1) is 10.2 Å². The van der Waals surface area contributed by atoms with Crippen molar-refractivity contribution in [2.75, 3.05) is 24.3 Å². The van der Waals surface area contributed by atoms with E-state index in [2.05, 4.69) is 30.7 Å². The van der Waals surface area contributed by atoms with Gasteiger partial charge in [-0.1, -0.05) is 34.1 Å². The molecule has 0 amide bonds. The van der Waals surface area contributed by atoms with Crippen LogP contribution >= 0.6 is 27.7 Å². The quantitative estimate of drug-likeness (QED) is 0.610. The molecule has 0 N–H and O–H groups in total. The Morgan fingerprint density at radius 2 is 2.05 bits per heavy atom. The van der Waals surface area contributed by atoms with Crippen molar-refractivity contribution < 1.29 is 4.74 Å². The zero-order valence-corrected chi connectivity index (χ0v) is 14.2. The molecule has 0 spiro atoms. The van der Waals surface area contributed by atoms with Crippen molar-refractivity contribution in [1.82, 2.24) is 14.8 Å². The molecule has 20 heavy (non-hydrogen) atoms. The molecule has 0 saturated carbocycles. The first-order valence-corrected chi connectivity index (χ1v) is 9.62. The molecule has 112 valence electrons. The molecule has 1 aromatic rings. The van der Waals surface area contributed by atoms with Gasteiger partial charge >= 0.3 is 0 Å². The van der Waals surface area contributed by atoms with Crippen molar-refractivity contribution >= 4 is 27.7 Å². The van der Waals surface area contributed by atoms with Gasteiger partial charge in [0.1, 0.15) is 5.82 Å². The number of rotatable bonds is 4. The standard InChI is InChI=1S/C14H22BrN3OS/c15-10-14(5-8-19-9-6-14)11-20-13-17-16-12-4-2-1-3-7-18(12)13/h1-11H2. The van der Waals surface area contributed by atoms with Crippen LogP contribution in [-0.2, 0) is 17.7 Å². The molecule has 6 heteroatoms. The molecule has 1 aromatic heterocycles. The van der Waals surface area contributed by atoms with E-state index in [9.17, 15) is 0 Å². The molecule has 0 unspecified atom stereocenters. The molecule has 2 aliphatic rings. The topological polar surface area (TPSA) is 39.9 Å². The highest BCUT2D eigenvalue weighted by Crippen LogP contribution is 2.38. The Morgan fingerprint density at radius 3 is 2.85 bits per heavy atom. The number of nitrogens with zero attached hydrogens (tertiary/aromatic N) is 3. The van der Waals surface area contributed by atoms with Crippen LogP contribution in [0.15, 0.2) is 5.16 Å². The smallest absolute Gasteiger partial charge is 0.191 e. The summed E-state index contributed by atoms with van der Waals surface area (Å²) in [6, 6.07) is 0. The molecular weight excluding hydrogens is 338 g/mol. The molecule has 3 rings (SSSR count). The number of halogens is 1. The van der Waals surface area contributed by atoms with Gasteiger partial charge in [0.2, 0.25) is 0 Å². The average molecular weight is 360 g/mol. The lowest BCUT2D eigenvalue weighted by Crippen LogP contribution is -2.33. The second-order valence-electron chi connectivity index (χ2n) is 5.90. The molecule has 0 radical (unpaired) electrons. The number of aromatic nitrogens is 3. The Kier molecular flexibility index (Phi) is 5.04. The van der Waals surface area contributed by atoms with E-state index in [1.54, 1.807) is 0 Å². The van der Waals surface area contributed by atoms with E-state index in [1.165, 1.54) is 25.1 Å². The number of fused-ring (bicyclic) bond motifs is 1. The zero-order valence-electron chi connectivity index (χ0n) is 11.8. The predicted molar refractivity (Wildman–Crippen MR) is 84.6 cm³/mol. The summed E-state index contributed by atoms with van der Waals surface area (Å²) in [4.78, 5) is 0. The molecule has 0 aliphatic carbocycles. The number of alkyl halides is 1. The summed E-state index contributed by atoms with van der Waals surface area (Å²) < 4.78 is 7.85. The van der Waals surface area contributed by atoms with Crippen LogP contribution in [0.3, 0.4) is 0 Å². The van der Waals surface area contributed by atoms with Gasteiger partial charge in [0.15, 0.2) is 5.16 Å². The predicted octanol–water partition coefficient (Wildman–Crippen LogP) is 3.29. The van der Waals surface area contributed by atoms with Crippen LogP contribution in [0.4, 0.5) is 0 Å². The van der Waals surface area contributed by atoms with Gasteiger partial charge < -0.3 is 9.30 Å². The fourth-order valence-electron chi connectivity index (χ4n) is 2.90. The molecule has 1 fully saturated rings. The summed E-state index contributed by atoms with van der Waals surface area (Å²) in [6.07, 6.45) is 7.21. The second-order valence-corrected chi connectivity index (χ2v) is 7.40. The normalized spacial score (nSPS) is 22.2. The molecule has 1 saturated heterocycles. The number of hydrogen-bond acceptors (Lipinski definition) is 4. The molecule has 4 nitrogen and oxygen atoms in total. The minimum Gasteiger partial charge on any atom is -0.381 e. The monoisotopic (exact) mass is 359 g/mol. The van der Waals surface area contributed by atoms with Crippen LogP contribution in [0.25, 0.3) is 0 Å². The van der Waals surface area contributed by atoms with E-state index in [0.29, 0.717) is 5.41 Å². The lowest BCUT2D eigenvalue weighted by Gasteiger charge is -2.35. The number of hydrogen-bond donors (Lipinski definition) is 0. The third-order valence-corrected chi connectivity index (χ3v) is 6.93.